The summed E-state index contributed by atoms with van der Waals surface area (Å²) in [4.78, 5) is 15.2. The van der Waals surface area contributed by atoms with Gasteiger partial charge in [-0.05, 0) is 31.2 Å². The normalized spacial score (nSPS) is 10.8. The molecule has 0 atom stereocenters. The quantitative estimate of drug-likeness (QED) is 0.696. The molecule has 0 fully saturated rings. The molecule has 0 radical (unpaired) electrons. The van der Waals surface area contributed by atoms with Crippen LogP contribution in [0, 0.1) is 0 Å². The summed E-state index contributed by atoms with van der Waals surface area (Å²) in [7, 11) is 0. The number of rotatable bonds is 5. The number of halogens is 1. The van der Waals surface area contributed by atoms with Crippen molar-refractivity contribution in [1.82, 2.24) is 10.1 Å². The summed E-state index contributed by atoms with van der Waals surface area (Å²) < 4.78 is 11.1. The SMILES string of the molecule is CCN(Cc1ccc(Cl)s1)C(=O)c1cc(-c2ccco2)on1. The molecule has 0 aliphatic rings. The minimum Gasteiger partial charge on any atom is -0.461 e. The molecule has 0 spiro atoms. The van der Waals surface area contributed by atoms with E-state index in [2.05, 4.69) is 5.16 Å². The predicted octanol–water partition coefficient (Wildman–Crippen LogP) is 4.31. The van der Waals surface area contributed by atoms with Crippen LogP contribution in [0.3, 0.4) is 0 Å². The number of furan rings is 1. The maximum absolute atomic E-state index is 12.5. The Hall–Kier alpha value is -2.05. The van der Waals surface area contributed by atoms with Crippen LogP contribution in [-0.2, 0) is 6.54 Å². The van der Waals surface area contributed by atoms with Gasteiger partial charge < -0.3 is 13.8 Å². The van der Waals surface area contributed by atoms with Gasteiger partial charge in [0.15, 0.2) is 11.5 Å². The van der Waals surface area contributed by atoms with Crippen molar-refractivity contribution in [3.05, 3.63) is 51.5 Å². The van der Waals surface area contributed by atoms with Crippen molar-refractivity contribution >= 4 is 28.8 Å². The largest absolute Gasteiger partial charge is 0.461 e. The first kappa shape index (κ1) is 14.9. The van der Waals surface area contributed by atoms with Gasteiger partial charge in [0.2, 0.25) is 5.76 Å². The molecule has 0 aromatic carbocycles. The molecule has 3 aromatic rings. The summed E-state index contributed by atoms with van der Waals surface area (Å²) >= 11 is 7.38. The van der Waals surface area contributed by atoms with E-state index in [0.717, 1.165) is 4.88 Å². The lowest BCUT2D eigenvalue weighted by atomic mass is 10.3. The highest BCUT2D eigenvalue weighted by Gasteiger charge is 2.20. The Bertz CT molecular complexity index is 763. The Morgan fingerprint density at radius 2 is 2.23 bits per heavy atom. The molecule has 22 heavy (non-hydrogen) atoms. The first-order valence-corrected chi connectivity index (χ1v) is 7.91. The van der Waals surface area contributed by atoms with Crippen molar-refractivity contribution in [3.63, 3.8) is 0 Å². The number of nitrogens with zero attached hydrogens (tertiary/aromatic N) is 2. The Labute approximate surface area is 136 Å². The molecular weight excluding hydrogens is 324 g/mol. The Kier molecular flexibility index (Phi) is 4.31. The van der Waals surface area contributed by atoms with Crippen LogP contribution >= 0.6 is 22.9 Å². The summed E-state index contributed by atoms with van der Waals surface area (Å²) in [5.41, 5.74) is 0.260. The van der Waals surface area contributed by atoms with E-state index in [4.69, 9.17) is 20.5 Å². The lowest BCUT2D eigenvalue weighted by Crippen LogP contribution is -2.30. The average Bonchev–Trinajstić information content (AvgIpc) is 3.24. The van der Waals surface area contributed by atoms with Gasteiger partial charge in [0.05, 0.1) is 17.1 Å². The third kappa shape index (κ3) is 3.08. The maximum Gasteiger partial charge on any atom is 0.276 e. The van der Waals surface area contributed by atoms with E-state index in [9.17, 15) is 4.79 Å². The van der Waals surface area contributed by atoms with E-state index in [1.165, 1.54) is 17.6 Å². The average molecular weight is 337 g/mol. The molecule has 0 unspecified atom stereocenters. The fourth-order valence-corrected chi connectivity index (χ4v) is 3.13. The van der Waals surface area contributed by atoms with Crippen molar-refractivity contribution in [2.45, 2.75) is 13.5 Å². The van der Waals surface area contributed by atoms with Crippen LogP contribution in [0.4, 0.5) is 0 Å². The van der Waals surface area contributed by atoms with E-state index in [0.29, 0.717) is 28.9 Å². The van der Waals surface area contributed by atoms with Gasteiger partial charge in [-0.15, -0.1) is 11.3 Å². The minimum absolute atomic E-state index is 0.187. The van der Waals surface area contributed by atoms with Crippen molar-refractivity contribution in [3.8, 4) is 11.5 Å². The van der Waals surface area contributed by atoms with E-state index in [-0.39, 0.29) is 11.6 Å². The number of aromatic nitrogens is 1. The molecule has 3 rings (SSSR count). The van der Waals surface area contributed by atoms with Crippen LogP contribution < -0.4 is 0 Å². The van der Waals surface area contributed by atoms with E-state index in [1.54, 1.807) is 23.1 Å². The van der Waals surface area contributed by atoms with Crippen LogP contribution in [0.5, 0.6) is 0 Å². The molecule has 0 aliphatic carbocycles. The zero-order valence-corrected chi connectivity index (χ0v) is 13.4. The first-order chi connectivity index (χ1) is 10.7. The second-order valence-corrected chi connectivity index (χ2v) is 6.38. The lowest BCUT2D eigenvalue weighted by molar-refractivity contribution is 0.0744. The predicted molar refractivity (Wildman–Crippen MR) is 83.9 cm³/mol. The van der Waals surface area contributed by atoms with Crippen LogP contribution in [0.15, 0.2) is 45.5 Å². The summed E-state index contributed by atoms with van der Waals surface area (Å²) in [6, 6.07) is 8.83. The van der Waals surface area contributed by atoms with Gasteiger partial charge >= 0.3 is 0 Å². The Morgan fingerprint density at radius 1 is 1.36 bits per heavy atom. The van der Waals surface area contributed by atoms with Crippen LogP contribution in [0.1, 0.15) is 22.3 Å². The number of carbonyl (C=O) groups excluding carboxylic acids is 1. The molecule has 5 nitrogen and oxygen atoms in total. The van der Waals surface area contributed by atoms with Gasteiger partial charge in [0.1, 0.15) is 0 Å². The topological polar surface area (TPSA) is 59.5 Å². The molecule has 0 N–H and O–H groups in total. The van der Waals surface area contributed by atoms with Crippen LogP contribution in [-0.4, -0.2) is 22.5 Å². The van der Waals surface area contributed by atoms with Crippen molar-refractivity contribution in [2.75, 3.05) is 6.54 Å². The molecule has 7 heteroatoms. The van der Waals surface area contributed by atoms with Crippen molar-refractivity contribution < 1.29 is 13.7 Å². The van der Waals surface area contributed by atoms with Gasteiger partial charge in [-0.1, -0.05) is 16.8 Å². The Morgan fingerprint density at radius 3 is 2.86 bits per heavy atom. The first-order valence-electron chi connectivity index (χ1n) is 6.71. The summed E-state index contributed by atoms with van der Waals surface area (Å²) in [6.45, 7) is 2.98. The zero-order valence-electron chi connectivity index (χ0n) is 11.8. The molecule has 3 aromatic heterocycles. The third-order valence-electron chi connectivity index (χ3n) is 3.14. The lowest BCUT2D eigenvalue weighted by Gasteiger charge is -2.18. The van der Waals surface area contributed by atoms with Gasteiger partial charge in [0.25, 0.3) is 5.91 Å². The van der Waals surface area contributed by atoms with Gasteiger partial charge in [-0.25, -0.2) is 0 Å². The standard InChI is InChI=1S/C15H13ClN2O3S/c1-2-18(9-10-5-6-14(16)22-10)15(19)11-8-13(21-17-11)12-4-3-7-20-12/h3-8H,2,9H2,1H3. The van der Waals surface area contributed by atoms with Crippen molar-refractivity contribution in [1.29, 1.82) is 0 Å². The highest BCUT2D eigenvalue weighted by atomic mass is 35.5. The van der Waals surface area contributed by atoms with Crippen LogP contribution in [0.25, 0.3) is 11.5 Å². The molecule has 114 valence electrons. The molecule has 3 heterocycles. The van der Waals surface area contributed by atoms with E-state index in [1.807, 2.05) is 19.1 Å². The number of hydrogen-bond donors (Lipinski definition) is 0. The summed E-state index contributed by atoms with van der Waals surface area (Å²) in [5.74, 6) is 0.789. The monoisotopic (exact) mass is 336 g/mol. The maximum atomic E-state index is 12.5. The molecule has 0 bridgehead atoms. The highest BCUT2D eigenvalue weighted by Crippen LogP contribution is 2.24. The third-order valence-corrected chi connectivity index (χ3v) is 4.35. The summed E-state index contributed by atoms with van der Waals surface area (Å²) in [5, 5.41) is 3.84. The van der Waals surface area contributed by atoms with Gasteiger partial charge in [0, 0.05) is 17.5 Å². The Balaban J connectivity index is 1.76. The fourth-order valence-electron chi connectivity index (χ4n) is 2.02. The summed E-state index contributed by atoms with van der Waals surface area (Å²) in [6.07, 6.45) is 1.54. The van der Waals surface area contributed by atoms with Gasteiger partial charge in [-0.3, -0.25) is 4.79 Å². The van der Waals surface area contributed by atoms with E-state index < -0.39 is 0 Å². The molecule has 0 aliphatic heterocycles. The smallest absolute Gasteiger partial charge is 0.276 e. The van der Waals surface area contributed by atoms with Crippen molar-refractivity contribution in [2.24, 2.45) is 0 Å². The van der Waals surface area contributed by atoms with E-state index >= 15 is 0 Å². The van der Waals surface area contributed by atoms with Crippen LogP contribution in [0.2, 0.25) is 4.34 Å². The van der Waals surface area contributed by atoms with Gasteiger partial charge in [-0.2, -0.15) is 0 Å². The molecule has 0 saturated heterocycles. The minimum atomic E-state index is -0.187. The number of amides is 1. The highest BCUT2D eigenvalue weighted by molar-refractivity contribution is 7.16. The second-order valence-electron chi connectivity index (χ2n) is 4.58. The number of carbonyl (C=O) groups is 1. The molecular formula is C15H13ClN2O3S. The fraction of sp³-hybridized carbons (Fsp3) is 0.200. The molecule has 1 amide bonds. The second kappa shape index (κ2) is 6.37. The molecule has 0 saturated carbocycles. The zero-order chi connectivity index (χ0) is 15.5. The number of hydrogen-bond acceptors (Lipinski definition) is 5. The number of thiophene rings is 1.